The van der Waals surface area contributed by atoms with E-state index in [4.69, 9.17) is 10.5 Å². The van der Waals surface area contributed by atoms with Crippen molar-refractivity contribution in [3.05, 3.63) is 6.20 Å². The zero-order valence-corrected chi connectivity index (χ0v) is 12.3. The largest absolute Gasteiger partial charge is 0.466 e. The van der Waals surface area contributed by atoms with Crippen molar-refractivity contribution in [2.75, 3.05) is 24.6 Å². The topological polar surface area (TPSA) is 94.3 Å². The van der Waals surface area contributed by atoms with Crippen molar-refractivity contribution < 1.29 is 14.3 Å². The Hall–Kier alpha value is -1.28. The fourth-order valence-corrected chi connectivity index (χ4v) is 2.81. The summed E-state index contributed by atoms with van der Waals surface area (Å²) in [5.74, 6) is 0.0215. The van der Waals surface area contributed by atoms with E-state index in [1.54, 1.807) is 13.1 Å². The van der Waals surface area contributed by atoms with Crippen LogP contribution in [0.15, 0.2) is 10.4 Å². The van der Waals surface area contributed by atoms with Gasteiger partial charge in [0.15, 0.2) is 5.13 Å². The van der Waals surface area contributed by atoms with E-state index in [1.807, 2.05) is 0 Å². The van der Waals surface area contributed by atoms with Crippen LogP contribution in [0.2, 0.25) is 0 Å². The molecule has 0 aromatic carbocycles. The highest BCUT2D eigenvalue weighted by atomic mass is 32.2. The molecule has 106 valence electrons. The second kappa shape index (κ2) is 8.76. The van der Waals surface area contributed by atoms with Gasteiger partial charge in [-0.1, -0.05) is 11.3 Å². The molecule has 0 fully saturated rings. The first-order chi connectivity index (χ1) is 9.11. The third kappa shape index (κ3) is 7.02. The van der Waals surface area contributed by atoms with Gasteiger partial charge < -0.3 is 15.8 Å². The maximum Gasteiger partial charge on any atom is 0.305 e. The van der Waals surface area contributed by atoms with Crippen molar-refractivity contribution >= 4 is 40.1 Å². The van der Waals surface area contributed by atoms with E-state index in [2.05, 4.69) is 10.3 Å². The van der Waals surface area contributed by atoms with Gasteiger partial charge in [0.2, 0.25) is 5.91 Å². The number of esters is 1. The van der Waals surface area contributed by atoms with E-state index >= 15 is 0 Å². The number of carbonyl (C=O) groups excluding carboxylic acids is 2. The summed E-state index contributed by atoms with van der Waals surface area (Å²) in [6.07, 6.45) is 2.56. The molecule has 1 aromatic rings. The molecule has 8 heteroatoms. The standard InChI is InChI=1S/C11H17N3O3S2/c1-2-17-9(16)4-3-5-13-8(15)7-18-10-6-14-11(12)19-10/h6H,2-5,7H2,1H3,(H2,12,14)(H,13,15). The second-order valence-electron chi connectivity index (χ2n) is 3.56. The Bertz CT molecular complexity index is 423. The van der Waals surface area contributed by atoms with Crippen molar-refractivity contribution in [2.45, 2.75) is 24.0 Å². The summed E-state index contributed by atoms with van der Waals surface area (Å²) in [7, 11) is 0. The first-order valence-corrected chi connectivity index (χ1v) is 7.68. The molecular formula is C11H17N3O3S2. The highest BCUT2D eigenvalue weighted by molar-refractivity contribution is 8.01. The van der Waals surface area contributed by atoms with Gasteiger partial charge >= 0.3 is 5.97 Å². The van der Waals surface area contributed by atoms with Gasteiger partial charge in [-0.25, -0.2) is 4.98 Å². The summed E-state index contributed by atoms with van der Waals surface area (Å²) in [4.78, 5) is 26.4. The lowest BCUT2D eigenvalue weighted by atomic mass is 10.3. The second-order valence-corrected chi connectivity index (χ2v) is 5.90. The number of aromatic nitrogens is 1. The molecule has 0 aliphatic rings. The monoisotopic (exact) mass is 303 g/mol. The number of ether oxygens (including phenoxy) is 1. The van der Waals surface area contributed by atoms with E-state index in [0.717, 1.165) is 4.21 Å². The lowest BCUT2D eigenvalue weighted by Crippen LogP contribution is -2.26. The lowest BCUT2D eigenvalue weighted by Gasteiger charge is -2.04. The van der Waals surface area contributed by atoms with E-state index in [9.17, 15) is 9.59 Å². The van der Waals surface area contributed by atoms with Crippen LogP contribution < -0.4 is 11.1 Å². The van der Waals surface area contributed by atoms with Gasteiger partial charge in [0.25, 0.3) is 0 Å². The number of nitrogens with two attached hydrogens (primary N) is 1. The van der Waals surface area contributed by atoms with Gasteiger partial charge in [0.05, 0.1) is 22.8 Å². The summed E-state index contributed by atoms with van der Waals surface area (Å²) >= 11 is 2.75. The summed E-state index contributed by atoms with van der Waals surface area (Å²) in [6.45, 7) is 2.63. The first-order valence-electron chi connectivity index (χ1n) is 5.88. The van der Waals surface area contributed by atoms with Gasteiger partial charge in [-0.15, -0.1) is 11.8 Å². The fraction of sp³-hybridized carbons (Fsp3) is 0.545. The quantitative estimate of drug-likeness (QED) is 0.427. The molecule has 0 saturated heterocycles. The lowest BCUT2D eigenvalue weighted by molar-refractivity contribution is -0.143. The Morgan fingerprint density at radius 2 is 2.37 bits per heavy atom. The molecule has 0 aliphatic heterocycles. The third-order valence-corrected chi connectivity index (χ3v) is 4.05. The molecule has 6 nitrogen and oxygen atoms in total. The number of anilines is 1. The summed E-state index contributed by atoms with van der Waals surface area (Å²) in [5, 5.41) is 3.24. The number of thioether (sulfide) groups is 1. The maximum absolute atomic E-state index is 11.5. The molecule has 1 heterocycles. The van der Waals surface area contributed by atoms with E-state index < -0.39 is 0 Å². The molecule has 0 spiro atoms. The van der Waals surface area contributed by atoms with Crippen LogP contribution in [0.1, 0.15) is 19.8 Å². The van der Waals surface area contributed by atoms with Crippen LogP contribution in [0.3, 0.4) is 0 Å². The molecule has 0 saturated carbocycles. The van der Waals surface area contributed by atoms with Crippen molar-refractivity contribution in [1.82, 2.24) is 10.3 Å². The van der Waals surface area contributed by atoms with Crippen LogP contribution in [0.25, 0.3) is 0 Å². The van der Waals surface area contributed by atoms with Gasteiger partial charge in [0, 0.05) is 13.0 Å². The Morgan fingerprint density at radius 1 is 1.58 bits per heavy atom. The van der Waals surface area contributed by atoms with Crippen molar-refractivity contribution in [1.29, 1.82) is 0 Å². The number of rotatable bonds is 8. The number of nitrogens with one attached hydrogen (secondary N) is 1. The zero-order valence-electron chi connectivity index (χ0n) is 10.7. The zero-order chi connectivity index (χ0) is 14.1. The van der Waals surface area contributed by atoms with Crippen molar-refractivity contribution in [2.24, 2.45) is 0 Å². The number of carbonyl (C=O) groups is 2. The van der Waals surface area contributed by atoms with Crippen molar-refractivity contribution in [3.8, 4) is 0 Å². The molecule has 0 unspecified atom stereocenters. The van der Waals surface area contributed by atoms with E-state index in [1.165, 1.54) is 23.1 Å². The third-order valence-electron chi connectivity index (χ3n) is 2.03. The van der Waals surface area contributed by atoms with Crippen LogP contribution in [-0.4, -0.2) is 35.8 Å². The average molecular weight is 303 g/mol. The molecule has 1 aromatic heterocycles. The Labute approximate surface area is 120 Å². The Kier molecular flexibility index (Phi) is 7.27. The van der Waals surface area contributed by atoms with Crippen LogP contribution >= 0.6 is 23.1 Å². The number of amides is 1. The fourth-order valence-electron chi connectivity index (χ4n) is 1.22. The summed E-state index contributed by atoms with van der Waals surface area (Å²) < 4.78 is 5.70. The average Bonchev–Trinajstić information content (AvgIpc) is 2.78. The number of nitrogens with zero attached hydrogens (tertiary/aromatic N) is 1. The molecule has 3 N–H and O–H groups in total. The van der Waals surface area contributed by atoms with Gasteiger partial charge in [-0.3, -0.25) is 9.59 Å². The van der Waals surface area contributed by atoms with Gasteiger partial charge in [0.1, 0.15) is 0 Å². The van der Waals surface area contributed by atoms with Crippen molar-refractivity contribution in [3.63, 3.8) is 0 Å². The maximum atomic E-state index is 11.5. The van der Waals surface area contributed by atoms with Gasteiger partial charge in [-0.2, -0.15) is 0 Å². The minimum atomic E-state index is -0.230. The number of nitrogen functional groups attached to an aromatic ring is 1. The first kappa shape index (κ1) is 15.8. The molecule has 0 bridgehead atoms. The Balaban J connectivity index is 2.06. The molecule has 0 radical (unpaired) electrons. The minimum absolute atomic E-state index is 0.0687. The Morgan fingerprint density at radius 3 is 3.00 bits per heavy atom. The van der Waals surface area contributed by atoms with E-state index in [0.29, 0.717) is 36.9 Å². The van der Waals surface area contributed by atoms with Crippen LogP contribution in [0.4, 0.5) is 5.13 Å². The molecular weight excluding hydrogens is 286 g/mol. The molecule has 1 rings (SSSR count). The summed E-state index contributed by atoms with van der Waals surface area (Å²) in [5.41, 5.74) is 5.49. The predicted molar refractivity (Wildman–Crippen MR) is 76.1 cm³/mol. The van der Waals surface area contributed by atoms with E-state index in [-0.39, 0.29) is 11.9 Å². The normalized spacial score (nSPS) is 10.2. The molecule has 1 amide bonds. The number of hydrogen-bond donors (Lipinski definition) is 2. The smallest absolute Gasteiger partial charge is 0.305 e. The highest BCUT2D eigenvalue weighted by Crippen LogP contribution is 2.25. The molecule has 0 atom stereocenters. The minimum Gasteiger partial charge on any atom is -0.466 e. The van der Waals surface area contributed by atoms with Crippen LogP contribution in [0, 0.1) is 0 Å². The summed E-state index contributed by atoms with van der Waals surface area (Å²) in [6, 6.07) is 0. The van der Waals surface area contributed by atoms with Gasteiger partial charge in [-0.05, 0) is 13.3 Å². The van der Waals surface area contributed by atoms with Crippen LogP contribution in [0.5, 0.6) is 0 Å². The molecule has 0 aliphatic carbocycles. The SMILES string of the molecule is CCOC(=O)CCCNC(=O)CSc1cnc(N)s1. The number of hydrogen-bond acceptors (Lipinski definition) is 7. The highest BCUT2D eigenvalue weighted by Gasteiger charge is 2.06. The van der Waals surface area contributed by atoms with Crippen LogP contribution in [-0.2, 0) is 14.3 Å². The molecule has 19 heavy (non-hydrogen) atoms. The predicted octanol–water partition coefficient (Wildman–Crippen LogP) is 1.28. The number of thiazole rings is 1.